The van der Waals surface area contributed by atoms with Crippen molar-refractivity contribution in [2.45, 2.75) is 45.3 Å². The van der Waals surface area contributed by atoms with E-state index in [1.165, 1.54) is 11.3 Å². The zero-order chi connectivity index (χ0) is 14.0. The molecule has 104 valence electrons. The largest absolute Gasteiger partial charge is 0.444 e. The number of rotatable bonds is 2. The SMILES string of the molecule is CC(C)(C)OC(=O)N1CCC[C@H]1c1nc(C=O)cs1. The molecule has 2 heterocycles. The summed E-state index contributed by atoms with van der Waals surface area (Å²) in [5.74, 6) is 0. The van der Waals surface area contributed by atoms with E-state index in [0.717, 1.165) is 24.1 Å². The Hall–Kier alpha value is -1.43. The van der Waals surface area contributed by atoms with Crippen LogP contribution < -0.4 is 0 Å². The van der Waals surface area contributed by atoms with E-state index < -0.39 is 5.60 Å². The van der Waals surface area contributed by atoms with Crippen LogP contribution in [0.4, 0.5) is 4.79 Å². The lowest BCUT2D eigenvalue weighted by Crippen LogP contribution is -2.36. The van der Waals surface area contributed by atoms with Crippen LogP contribution in [0.2, 0.25) is 0 Å². The first kappa shape index (κ1) is 14.0. The molecule has 0 saturated carbocycles. The molecule has 1 aromatic heterocycles. The van der Waals surface area contributed by atoms with Gasteiger partial charge >= 0.3 is 6.09 Å². The molecule has 5 nitrogen and oxygen atoms in total. The Bertz CT molecular complexity index is 478. The molecule has 0 N–H and O–H groups in total. The quantitative estimate of drug-likeness (QED) is 0.782. The maximum atomic E-state index is 12.1. The van der Waals surface area contributed by atoms with Gasteiger partial charge in [-0.15, -0.1) is 11.3 Å². The van der Waals surface area contributed by atoms with Crippen molar-refractivity contribution in [3.63, 3.8) is 0 Å². The monoisotopic (exact) mass is 282 g/mol. The van der Waals surface area contributed by atoms with E-state index in [9.17, 15) is 9.59 Å². The summed E-state index contributed by atoms with van der Waals surface area (Å²) in [7, 11) is 0. The molecule has 1 aliphatic heterocycles. The number of carbonyl (C=O) groups is 2. The molecule has 0 bridgehead atoms. The van der Waals surface area contributed by atoms with E-state index >= 15 is 0 Å². The van der Waals surface area contributed by atoms with Crippen LogP contribution in [0, 0.1) is 0 Å². The van der Waals surface area contributed by atoms with Crippen molar-refractivity contribution >= 4 is 23.7 Å². The number of hydrogen-bond donors (Lipinski definition) is 0. The van der Waals surface area contributed by atoms with Crippen LogP contribution in [0.3, 0.4) is 0 Å². The van der Waals surface area contributed by atoms with Crippen molar-refractivity contribution in [3.05, 3.63) is 16.1 Å². The topological polar surface area (TPSA) is 59.5 Å². The summed E-state index contributed by atoms with van der Waals surface area (Å²) in [5.41, 5.74) is -0.0721. The average molecular weight is 282 g/mol. The second-order valence-electron chi connectivity index (χ2n) is 5.56. The Labute approximate surface area is 116 Å². The molecule has 1 fully saturated rings. The number of aromatic nitrogens is 1. The Morgan fingerprint density at radius 1 is 1.58 bits per heavy atom. The predicted molar refractivity (Wildman–Crippen MR) is 72.4 cm³/mol. The summed E-state index contributed by atoms with van der Waals surface area (Å²) in [4.78, 5) is 28.8. The molecule has 1 aromatic rings. The summed E-state index contributed by atoms with van der Waals surface area (Å²) in [6.45, 7) is 6.23. The maximum absolute atomic E-state index is 12.1. The molecular formula is C13H18N2O3S. The summed E-state index contributed by atoms with van der Waals surface area (Å²) in [5, 5.41) is 2.53. The van der Waals surface area contributed by atoms with Gasteiger partial charge in [-0.2, -0.15) is 0 Å². The molecule has 0 unspecified atom stereocenters. The fraction of sp³-hybridized carbons (Fsp3) is 0.615. The second-order valence-corrected chi connectivity index (χ2v) is 6.45. The summed E-state index contributed by atoms with van der Waals surface area (Å²) < 4.78 is 5.40. The molecule has 0 radical (unpaired) electrons. The van der Waals surface area contributed by atoms with Gasteiger partial charge in [0.1, 0.15) is 16.3 Å². The van der Waals surface area contributed by atoms with Gasteiger partial charge in [0.2, 0.25) is 0 Å². The molecule has 1 amide bonds. The Morgan fingerprint density at radius 3 is 2.89 bits per heavy atom. The lowest BCUT2D eigenvalue weighted by atomic mass is 10.2. The van der Waals surface area contributed by atoms with Crippen LogP contribution in [-0.2, 0) is 4.74 Å². The van der Waals surface area contributed by atoms with Gasteiger partial charge in [0.15, 0.2) is 6.29 Å². The molecule has 1 aliphatic rings. The zero-order valence-electron chi connectivity index (χ0n) is 11.4. The van der Waals surface area contributed by atoms with Crippen molar-refractivity contribution in [1.29, 1.82) is 0 Å². The first-order valence-electron chi connectivity index (χ1n) is 6.31. The van der Waals surface area contributed by atoms with Gasteiger partial charge in [-0.1, -0.05) is 0 Å². The van der Waals surface area contributed by atoms with Crippen LogP contribution in [0.25, 0.3) is 0 Å². The first-order valence-corrected chi connectivity index (χ1v) is 7.19. The highest BCUT2D eigenvalue weighted by Gasteiger charge is 2.34. The first-order chi connectivity index (χ1) is 8.90. The number of likely N-dealkylation sites (tertiary alicyclic amines) is 1. The van der Waals surface area contributed by atoms with Crippen molar-refractivity contribution in [2.24, 2.45) is 0 Å². The third-order valence-corrected chi connectivity index (χ3v) is 3.79. The molecular weight excluding hydrogens is 264 g/mol. The molecule has 0 aliphatic carbocycles. The predicted octanol–water partition coefficient (Wildman–Crippen LogP) is 3.03. The van der Waals surface area contributed by atoms with Crippen LogP contribution in [-0.4, -0.2) is 34.4 Å². The molecule has 0 aromatic carbocycles. The highest BCUT2D eigenvalue weighted by molar-refractivity contribution is 7.09. The summed E-state index contributed by atoms with van der Waals surface area (Å²) in [6.07, 6.45) is 2.22. The minimum atomic E-state index is -0.499. The van der Waals surface area contributed by atoms with Crippen molar-refractivity contribution in [2.75, 3.05) is 6.54 Å². The van der Waals surface area contributed by atoms with E-state index in [1.54, 1.807) is 10.3 Å². The number of amides is 1. The Kier molecular flexibility index (Phi) is 3.89. The van der Waals surface area contributed by atoms with Gasteiger partial charge in [0, 0.05) is 11.9 Å². The van der Waals surface area contributed by atoms with Crippen molar-refractivity contribution in [3.8, 4) is 0 Å². The number of thiazole rings is 1. The number of nitrogens with zero attached hydrogens (tertiary/aromatic N) is 2. The van der Waals surface area contributed by atoms with Crippen LogP contribution >= 0.6 is 11.3 Å². The molecule has 0 spiro atoms. The van der Waals surface area contributed by atoms with Gasteiger partial charge in [-0.05, 0) is 33.6 Å². The average Bonchev–Trinajstić information content (AvgIpc) is 2.95. The van der Waals surface area contributed by atoms with Gasteiger partial charge < -0.3 is 4.74 Å². The fourth-order valence-electron chi connectivity index (χ4n) is 2.07. The van der Waals surface area contributed by atoms with Gasteiger partial charge in [0.05, 0.1) is 6.04 Å². The lowest BCUT2D eigenvalue weighted by Gasteiger charge is -2.27. The highest BCUT2D eigenvalue weighted by atomic mass is 32.1. The van der Waals surface area contributed by atoms with Crippen molar-refractivity contribution in [1.82, 2.24) is 9.88 Å². The highest BCUT2D eigenvalue weighted by Crippen LogP contribution is 2.34. The third-order valence-electron chi connectivity index (χ3n) is 2.83. The van der Waals surface area contributed by atoms with Gasteiger partial charge in [0.25, 0.3) is 0 Å². The molecule has 1 saturated heterocycles. The normalized spacial score (nSPS) is 19.5. The number of ether oxygens (including phenoxy) is 1. The van der Waals surface area contributed by atoms with Gasteiger partial charge in [-0.3, -0.25) is 9.69 Å². The number of aldehydes is 1. The Morgan fingerprint density at radius 2 is 2.32 bits per heavy atom. The number of hydrogen-bond acceptors (Lipinski definition) is 5. The molecule has 2 rings (SSSR count). The van der Waals surface area contributed by atoms with E-state index in [4.69, 9.17) is 4.74 Å². The van der Waals surface area contributed by atoms with Crippen LogP contribution in [0.5, 0.6) is 0 Å². The fourth-order valence-corrected chi connectivity index (χ4v) is 2.98. The van der Waals surface area contributed by atoms with Gasteiger partial charge in [-0.25, -0.2) is 9.78 Å². The van der Waals surface area contributed by atoms with Crippen LogP contribution in [0.1, 0.15) is 55.2 Å². The molecule has 19 heavy (non-hydrogen) atoms. The smallest absolute Gasteiger partial charge is 0.410 e. The minimum absolute atomic E-state index is 0.0615. The number of carbonyl (C=O) groups excluding carboxylic acids is 2. The third kappa shape index (κ3) is 3.32. The lowest BCUT2D eigenvalue weighted by molar-refractivity contribution is 0.0224. The van der Waals surface area contributed by atoms with E-state index in [-0.39, 0.29) is 12.1 Å². The van der Waals surface area contributed by atoms with E-state index in [1.807, 2.05) is 20.8 Å². The summed E-state index contributed by atoms with van der Waals surface area (Å²) >= 11 is 1.42. The van der Waals surface area contributed by atoms with E-state index in [2.05, 4.69) is 4.98 Å². The maximum Gasteiger partial charge on any atom is 0.410 e. The summed E-state index contributed by atoms with van der Waals surface area (Å²) in [6, 6.07) is -0.0615. The standard InChI is InChI=1S/C13H18N2O3S/c1-13(2,3)18-12(17)15-6-4-5-10(15)11-14-9(7-16)8-19-11/h7-8,10H,4-6H2,1-3H3/t10-/m0/s1. The Balaban J connectivity index is 2.12. The van der Waals surface area contributed by atoms with Crippen LogP contribution in [0.15, 0.2) is 5.38 Å². The molecule has 1 atom stereocenters. The minimum Gasteiger partial charge on any atom is -0.444 e. The van der Waals surface area contributed by atoms with Crippen molar-refractivity contribution < 1.29 is 14.3 Å². The molecule has 6 heteroatoms. The van der Waals surface area contributed by atoms with E-state index in [0.29, 0.717) is 12.2 Å². The second kappa shape index (κ2) is 5.28. The zero-order valence-corrected chi connectivity index (χ0v) is 12.2.